The van der Waals surface area contributed by atoms with E-state index in [2.05, 4.69) is 70.3 Å². The first-order valence-electron chi connectivity index (χ1n) is 7.67. The molecule has 3 nitrogen and oxygen atoms in total. The van der Waals surface area contributed by atoms with E-state index in [-0.39, 0.29) is 5.54 Å². The fraction of sp³-hybridized carbons (Fsp3) is 0.706. The summed E-state index contributed by atoms with van der Waals surface area (Å²) in [6, 6.07) is 4.89. The Morgan fingerprint density at radius 3 is 2.57 bits per heavy atom. The summed E-state index contributed by atoms with van der Waals surface area (Å²) in [4.78, 5) is 6.99. The lowest BCUT2D eigenvalue weighted by Crippen LogP contribution is -2.35. The lowest BCUT2D eigenvalue weighted by atomic mass is 10.1. The Kier molecular flexibility index (Phi) is 7.01. The normalized spacial score (nSPS) is 13.3. The van der Waals surface area contributed by atoms with Crippen molar-refractivity contribution >= 4 is 17.6 Å². The van der Waals surface area contributed by atoms with Gasteiger partial charge in [0.15, 0.2) is 0 Å². The quantitative estimate of drug-likeness (QED) is 0.828. The Morgan fingerprint density at radius 1 is 1.33 bits per heavy atom. The zero-order valence-electron chi connectivity index (χ0n) is 14.7. The van der Waals surface area contributed by atoms with Crippen LogP contribution in [0.1, 0.15) is 45.4 Å². The van der Waals surface area contributed by atoms with Gasteiger partial charge in [0.25, 0.3) is 0 Å². The van der Waals surface area contributed by atoms with Gasteiger partial charge < -0.3 is 10.2 Å². The number of anilines is 1. The second-order valence-electron chi connectivity index (χ2n) is 6.82. The molecule has 4 heteroatoms. The van der Waals surface area contributed by atoms with Crippen LogP contribution >= 0.6 is 11.8 Å². The Hall–Kier alpha value is -0.740. The van der Waals surface area contributed by atoms with Gasteiger partial charge in [0.1, 0.15) is 5.82 Å². The predicted molar refractivity (Wildman–Crippen MR) is 96.4 cm³/mol. The van der Waals surface area contributed by atoms with Gasteiger partial charge in [-0.1, -0.05) is 0 Å². The van der Waals surface area contributed by atoms with E-state index in [0.717, 1.165) is 18.1 Å². The van der Waals surface area contributed by atoms with Crippen LogP contribution in [-0.4, -0.2) is 35.6 Å². The zero-order valence-corrected chi connectivity index (χ0v) is 15.5. The fourth-order valence-electron chi connectivity index (χ4n) is 2.08. The van der Waals surface area contributed by atoms with Crippen LogP contribution < -0.4 is 10.2 Å². The lowest BCUT2D eigenvalue weighted by molar-refractivity contribution is 0.424. The summed E-state index contributed by atoms with van der Waals surface area (Å²) in [7, 11) is 2.15. The van der Waals surface area contributed by atoms with Gasteiger partial charge in [-0.3, -0.25) is 0 Å². The molecule has 120 valence electrons. The Balaban J connectivity index is 2.80. The highest BCUT2D eigenvalue weighted by Crippen LogP contribution is 2.18. The van der Waals surface area contributed by atoms with Crippen molar-refractivity contribution in [2.75, 3.05) is 24.0 Å². The predicted octanol–water partition coefficient (Wildman–Crippen LogP) is 3.86. The minimum Gasteiger partial charge on any atom is -0.357 e. The minimum atomic E-state index is 0.134. The summed E-state index contributed by atoms with van der Waals surface area (Å²) >= 11 is 1.90. The Bertz CT molecular complexity index is 440. The summed E-state index contributed by atoms with van der Waals surface area (Å²) in [5.41, 5.74) is 2.52. The van der Waals surface area contributed by atoms with E-state index in [4.69, 9.17) is 4.98 Å². The summed E-state index contributed by atoms with van der Waals surface area (Å²) in [5, 5.41) is 3.55. The van der Waals surface area contributed by atoms with Gasteiger partial charge in [-0.2, -0.15) is 11.8 Å². The van der Waals surface area contributed by atoms with Gasteiger partial charge in [-0.25, -0.2) is 4.98 Å². The molecule has 1 heterocycles. The monoisotopic (exact) mass is 309 g/mol. The fourth-order valence-corrected chi connectivity index (χ4v) is 2.66. The number of thioether (sulfide) groups is 1. The molecule has 0 aromatic carbocycles. The molecule has 1 N–H and O–H groups in total. The summed E-state index contributed by atoms with van der Waals surface area (Å²) in [6.45, 7) is 11.8. The Labute approximate surface area is 134 Å². The van der Waals surface area contributed by atoms with Gasteiger partial charge >= 0.3 is 0 Å². The summed E-state index contributed by atoms with van der Waals surface area (Å²) < 4.78 is 0. The second-order valence-corrected chi connectivity index (χ2v) is 7.81. The van der Waals surface area contributed by atoms with E-state index in [1.54, 1.807) is 0 Å². The van der Waals surface area contributed by atoms with Crippen molar-refractivity contribution in [2.45, 2.75) is 59.2 Å². The highest BCUT2D eigenvalue weighted by Gasteiger charge is 2.13. The molecular weight excluding hydrogens is 278 g/mol. The molecule has 21 heavy (non-hydrogen) atoms. The van der Waals surface area contributed by atoms with Crippen LogP contribution in [-0.2, 0) is 6.54 Å². The van der Waals surface area contributed by atoms with E-state index in [1.807, 2.05) is 11.8 Å². The number of aromatic nitrogens is 1. The molecule has 0 saturated carbocycles. The number of nitrogens with one attached hydrogen (secondary N) is 1. The molecule has 1 rings (SSSR count). The molecule has 1 atom stereocenters. The molecule has 0 bridgehead atoms. The van der Waals surface area contributed by atoms with Crippen molar-refractivity contribution in [3.05, 3.63) is 23.4 Å². The molecule has 0 amide bonds. The standard InChI is InChI=1S/C17H31N3S/c1-13-10-15(12-18-17(3,4)5)11-16(19-13)20(6)14(2)8-9-21-7/h10-11,14,18H,8-9,12H2,1-7H3. The molecule has 1 aromatic rings. The molecule has 0 aliphatic rings. The van der Waals surface area contributed by atoms with Gasteiger partial charge in [0.2, 0.25) is 0 Å². The molecule has 1 unspecified atom stereocenters. The van der Waals surface area contributed by atoms with E-state index in [0.29, 0.717) is 6.04 Å². The summed E-state index contributed by atoms with van der Waals surface area (Å²) in [5.74, 6) is 2.27. The van der Waals surface area contributed by atoms with Crippen molar-refractivity contribution < 1.29 is 0 Å². The third-order valence-corrected chi connectivity index (χ3v) is 4.23. The third kappa shape index (κ3) is 6.70. The van der Waals surface area contributed by atoms with Crippen molar-refractivity contribution in [3.63, 3.8) is 0 Å². The maximum Gasteiger partial charge on any atom is 0.129 e. The number of hydrogen-bond donors (Lipinski definition) is 1. The second kappa shape index (κ2) is 8.04. The van der Waals surface area contributed by atoms with Gasteiger partial charge in [0, 0.05) is 30.9 Å². The van der Waals surface area contributed by atoms with Crippen molar-refractivity contribution in [1.82, 2.24) is 10.3 Å². The topological polar surface area (TPSA) is 28.2 Å². The van der Waals surface area contributed by atoms with Crippen LogP contribution in [0, 0.1) is 6.92 Å². The van der Waals surface area contributed by atoms with Crippen LogP contribution in [0.5, 0.6) is 0 Å². The first-order valence-corrected chi connectivity index (χ1v) is 9.06. The minimum absolute atomic E-state index is 0.134. The largest absolute Gasteiger partial charge is 0.357 e. The molecule has 0 radical (unpaired) electrons. The maximum atomic E-state index is 4.70. The van der Waals surface area contributed by atoms with Crippen LogP contribution in [0.2, 0.25) is 0 Å². The molecule has 0 aliphatic carbocycles. The van der Waals surface area contributed by atoms with Gasteiger partial charge in [0.05, 0.1) is 0 Å². The lowest BCUT2D eigenvalue weighted by Gasteiger charge is -2.27. The highest BCUT2D eigenvalue weighted by atomic mass is 32.2. The first-order chi connectivity index (χ1) is 9.73. The van der Waals surface area contributed by atoms with E-state index < -0.39 is 0 Å². The SMILES string of the molecule is CSCCC(C)N(C)c1cc(CNC(C)(C)C)cc(C)n1. The van der Waals surface area contributed by atoms with Crippen molar-refractivity contribution in [3.8, 4) is 0 Å². The molecule has 0 spiro atoms. The van der Waals surface area contributed by atoms with Gasteiger partial charge in [-0.15, -0.1) is 0 Å². The summed E-state index contributed by atoms with van der Waals surface area (Å²) in [6.07, 6.45) is 3.34. The number of aryl methyl sites for hydroxylation is 1. The number of rotatable bonds is 7. The van der Waals surface area contributed by atoms with E-state index in [1.165, 1.54) is 17.7 Å². The molecule has 0 aliphatic heterocycles. The van der Waals surface area contributed by atoms with Crippen LogP contribution in [0.15, 0.2) is 12.1 Å². The zero-order chi connectivity index (χ0) is 16.0. The average molecular weight is 310 g/mol. The van der Waals surface area contributed by atoms with Gasteiger partial charge in [-0.05, 0) is 70.7 Å². The third-order valence-electron chi connectivity index (χ3n) is 3.58. The highest BCUT2D eigenvalue weighted by molar-refractivity contribution is 7.98. The number of hydrogen-bond acceptors (Lipinski definition) is 4. The van der Waals surface area contributed by atoms with Crippen LogP contribution in [0.4, 0.5) is 5.82 Å². The Morgan fingerprint density at radius 2 is 2.00 bits per heavy atom. The van der Waals surface area contributed by atoms with Crippen molar-refractivity contribution in [2.24, 2.45) is 0 Å². The number of pyridine rings is 1. The molecule has 0 fully saturated rings. The number of nitrogens with zero attached hydrogens (tertiary/aromatic N) is 2. The van der Waals surface area contributed by atoms with E-state index >= 15 is 0 Å². The van der Waals surface area contributed by atoms with Crippen molar-refractivity contribution in [1.29, 1.82) is 0 Å². The smallest absolute Gasteiger partial charge is 0.129 e. The van der Waals surface area contributed by atoms with E-state index in [9.17, 15) is 0 Å². The molecular formula is C17H31N3S. The average Bonchev–Trinajstić information content (AvgIpc) is 2.40. The first kappa shape index (κ1) is 18.3. The maximum absolute atomic E-state index is 4.70. The van der Waals surface area contributed by atoms with Crippen LogP contribution in [0.25, 0.3) is 0 Å². The van der Waals surface area contributed by atoms with Crippen LogP contribution in [0.3, 0.4) is 0 Å². The molecule has 0 saturated heterocycles. The molecule has 1 aromatic heterocycles.